The molecule has 0 spiro atoms. The summed E-state index contributed by atoms with van der Waals surface area (Å²) < 4.78 is 10.8. The molecule has 124 valence electrons. The maximum atomic E-state index is 12.4. The number of benzene rings is 2. The van der Waals surface area contributed by atoms with Crippen molar-refractivity contribution in [2.24, 2.45) is 0 Å². The summed E-state index contributed by atoms with van der Waals surface area (Å²) >= 11 is 0. The van der Waals surface area contributed by atoms with Crippen molar-refractivity contribution in [3.05, 3.63) is 54.1 Å². The van der Waals surface area contributed by atoms with Gasteiger partial charge in [-0.2, -0.15) is 5.26 Å². The van der Waals surface area contributed by atoms with Gasteiger partial charge in [0.25, 0.3) is 5.91 Å². The molecule has 1 unspecified atom stereocenters. The van der Waals surface area contributed by atoms with E-state index in [1.807, 2.05) is 19.1 Å². The molecule has 0 aromatic heterocycles. The summed E-state index contributed by atoms with van der Waals surface area (Å²) in [6, 6.07) is 16.4. The van der Waals surface area contributed by atoms with Gasteiger partial charge in [0.2, 0.25) is 0 Å². The Bertz CT molecular complexity index is 703. The van der Waals surface area contributed by atoms with E-state index in [1.54, 1.807) is 43.5 Å². The molecule has 0 saturated heterocycles. The molecule has 24 heavy (non-hydrogen) atoms. The molecular formula is C19H20N2O3. The normalized spacial score (nSPS) is 11.2. The van der Waals surface area contributed by atoms with Gasteiger partial charge in [-0.1, -0.05) is 19.1 Å². The largest absolute Gasteiger partial charge is 0.497 e. The zero-order valence-electron chi connectivity index (χ0n) is 13.8. The standard InChI is InChI=1S/C19H20N2O3/c1-3-18(24-17-10-8-16(23-2)9-11-17)19(22)21-15-6-4-14(5-7-15)12-13-20/h4-11,18H,3,12H2,1-2H3,(H,21,22). The molecule has 1 N–H and O–H groups in total. The predicted molar refractivity (Wildman–Crippen MR) is 92.1 cm³/mol. The Kier molecular flexibility index (Phi) is 6.21. The quantitative estimate of drug-likeness (QED) is 0.845. The summed E-state index contributed by atoms with van der Waals surface area (Å²) in [4.78, 5) is 12.4. The molecule has 5 nitrogen and oxygen atoms in total. The summed E-state index contributed by atoms with van der Waals surface area (Å²) in [5.41, 5.74) is 1.59. The van der Waals surface area contributed by atoms with Crippen LogP contribution in [-0.4, -0.2) is 19.1 Å². The third kappa shape index (κ3) is 4.75. The second-order valence-electron chi connectivity index (χ2n) is 5.21. The van der Waals surface area contributed by atoms with E-state index in [0.717, 1.165) is 11.3 Å². The van der Waals surface area contributed by atoms with E-state index in [-0.39, 0.29) is 5.91 Å². The Hall–Kier alpha value is -3.00. The number of carbonyl (C=O) groups excluding carboxylic acids is 1. The number of rotatable bonds is 7. The summed E-state index contributed by atoms with van der Waals surface area (Å²) in [5.74, 6) is 1.14. The SMILES string of the molecule is CCC(Oc1ccc(OC)cc1)C(=O)Nc1ccc(CC#N)cc1. The van der Waals surface area contributed by atoms with E-state index >= 15 is 0 Å². The van der Waals surface area contributed by atoms with Gasteiger partial charge >= 0.3 is 0 Å². The minimum absolute atomic E-state index is 0.207. The van der Waals surface area contributed by atoms with Gasteiger partial charge in [0.05, 0.1) is 19.6 Å². The number of nitrogens with zero attached hydrogens (tertiary/aromatic N) is 1. The number of nitriles is 1. The predicted octanol–water partition coefficient (Wildman–Crippen LogP) is 3.56. The average Bonchev–Trinajstić information content (AvgIpc) is 2.62. The van der Waals surface area contributed by atoms with Crippen LogP contribution in [0.5, 0.6) is 11.5 Å². The Labute approximate surface area is 141 Å². The molecular weight excluding hydrogens is 304 g/mol. The minimum atomic E-state index is -0.586. The highest BCUT2D eigenvalue weighted by molar-refractivity contribution is 5.94. The molecule has 0 fully saturated rings. The van der Waals surface area contributed by atoms with E-state index in [9.17, 15) is 4.79 Å². The minimum Gasteiger partial charge on any atom is -0.497 e. The number of methoxy groups -OCH3 is 1. The molecule has 2 aromatic rings. The number of hydrogen-bond donors (Lipinski definition) is 1. The summed E-state index contributed by atoms with van der Waals surface area (Å²) in [6.45, 7) is 1.89. The zero-order valence-corrected chi connectivity index (χ0v) is 13.8. The number of hydrogen-bond acceptors (Lipinski definition) is 4. The van der Waals surface area contributed by atoms with Gasteiger partial charge < -0.3 is 14.8 Å². The Morgan fingerprint density at radius 1 is 1.12 bits per heavy atom. The van der Waals surface area contributed by atoms with Crippen LogP contribution >= 0.6 is 0 Å². The monoisotopic (exact) mass is 324 g/mol. The molecule has 2 aromatic carbocycles. The molecule has 0 aliphatic carbocycles. The van der Waals surface area contributed by atoms with Crippen molar-refractivity contribution in [3.63, 3.8) is 0 Å². The second kappa shape index (κ2) is 8.59. The van der Waals surface area contributed by atoms with Crippen LogP contribution < -0.4 is 14.8 Å². The van der Waals surface area contributed by atoms with Crippen molar-refractivity contribution in [1.82, 2.24) is 0 Å². The molecule has 5 heteroatoms. The fraction of sp³-hybridized carbons (Fsp3) is 0.263. The molecule has 0 aliphatic rings. The van der Waals surface area contributed by atoms with Crippen LogP contribution in [0.15, 0.2) is 48.5 Å². The Morgan fingerprint density at radius 3 is 2.29 bits per heavy atom. The van der Waals surface area contributed by atoms with Crippen LogP contribution in [0.3, 0.4) is 0 Å². The highest BCUT2D eigenvalue weighted by Crippen LogP contribution is 2.19. The smallest absolute Gasteiger partial charge is 0.265 e. The maximum absolute atomic E-state index is 12.4. The van der Waals surface area contributed by atoms with Crippen LogP contribution in [0, 0.1) is 11.3 Å². The Balaban J connectivity index is 1.98. The first kappa shape index (κ1) is 17.4. The first-order chi connectivity index (χ1) is 11.7. The highest BCUT2D eigenvalue weighted by Gasteiger charge is 2.18. The fourth-order valence-corrected chi connectivity index (χ4v) is 2.16. The van der Waals surface area contributed by atoms with E-state index in [4.69, 9.17) is 14.7 Å². The van der Waals surface area contributed by atoms with Crippen molar-refractivity contribution < 1.29 is 14.3 Å². The lowest BCUT2D eigenvalue weighted by Gasteiger charge is -2.17. The van der Waals surface area contributed by atoms with Crippen LogP contribution in [-0.2, 0) is 11.2 Å². The highest BCUT2D eigenvalue weighted by atomic mass is 16.5. The van der Waals surface area contributed by atoms with Gasteiger partial charge in [0.1, 0.15) is 11.5 Å². The third-order valence-electron chi connectivity index (χ3n) is 3.51. The van der Waals surface area contributed by atoms with Gasteiger partial charge in [-0.15, -0.1) is 0 Å². The molecule has 0 saturated carbocycles. The fourth-order valence-electron chi connectivity index (χ4n) is 2.16. The number of amides is 1. The van der Waals surface area contributed by atoms with Crippen molar-refractivity contribution in [1.29, 1.82) is 5.26 Å². The van der Waals surface area contributed by atoms with E-state index in [1.165, 1.54) is 0 Å². The van der Waals surface area contributed by atoms with Gasteiger partial charge in [-0.05, 0) is 48.4 Å². The maximum Gasteiger partial charge on any atom is 0.265 e. The van der Waals surface area contributed by atoms with Gasteiger partial charge in [0.15, 0.2) is 6.10 Å². The third-order valence-corrected chi connectivity index (χ3v) is 3.51. The average molecular weight is 324 g/mol. The zero-order chi connectivity index (χ0) is 17.4. The van der Waals surface area contributed by atoms with Gasteiger partial charge in [0, 0.05) is 5.69 Å². The molecule has 0 heterocycles. The van der Waals surface area contributed by atoms with E-state index in [2.05, 4.69) is 11.4 Å². The Morgan fingerprint density at radius 2 is 1.75 bits per heavy atom. The van der Waals surface area contributed by atoms with Crippen molar-refractivity contribution in [2.45, 2.75) is 25.9 Å². The number of ether oxygens (including phenoxy) is 2. The van der Waals surface area contributed by atoms with Crippen molar-refractivity contribution in [3.8, 4) is 17.6 Å². The summed E-state index contributed by atoms with van der Waals surface area (Å²) in [6.07, 6.45) is 0.314. The van der Waals surface area contributed by atoms with Crippen molar-refractivity contribution >= 4 is 11.6 Å². The summed E-state index contributed by atoms with van der Waals surface area (Å²) in [5, 5.41) is 11.5. The summed E-state index contributed by atoms with van der Waals surface area (Å²) in [7, 11) is 1.60. The van der Waals surface area contributed by atoms with Crippen LogP contribution in [0.1, 0.15) is 18.9 Å². The van der Waals surface area contributed by atoms with Crippen LogP contribution in [0.4, 0.5) is 5.69 Å². The topological polar surface area (TPSA) is 71.3 Å². The van der Waals surface area contributed by atoms with Crippen molar-refractivity contribution in [2.75, 3.05) is 12.4 Å². The van der Waals surface area contributed by atoms with Crippen LogP contribution in [0.2, 0.25) is 0 Å². The van der Waals surface area contributed by atoms with E-state index < -0.39 is 6.10 Å². The van der Waals surface area contributed by atoms with E-state index in [0.29, 0.717) is 24.3 Å². The molecule has 0 bridgehead atoms. The molecule has 2 rings (SSSR count). The number of carbonyl (C=O) groups is 1. The molecule has 1 atom stereocenters. The first-order valence-electron chi connectivity index (χ1n) is 7.73. The first-order valence-corrected chi connectivity index (χ1v) is 7.73. The lowest BCUT2D eigenvalue weighted by atomic mass is 10.1. The molecule has 0 aliphatic heterocycles. The lowest BCUT2D eigenvalue weighted by molar-refractivity contribution is -0.122. The van der Waals surface area contributed by atoms with Crippen LogP contribution in [0.25, 0.3) is 0 Å². The lowest BCUT2D eigenvalue weighted by Crippen LogP contribution is -2.32. The number of anilines is 1. The molecule has 1 amide bonds. The van der Waals surface area contributed by atoms with Gasteiger partial charge in [-0.3, -0.25) is 4.79 Å². The molecule has 0 radical (unpaired) electrons. The number of nitrogens with one attached hydrogen (secondary N) is 1. The second-order valence-corrected chi connectivity index (χ2v) is 5.21. The van der Waals surface area contributed by atoms with Gasteiger partial charge in [-0.25, -0.2) is 0 Å².